The van der Waals surface area contributed by atoms with Crippen LogP contribution < -0.4 is 0 Å². The Bertz CT molecular complexity index is 487. The average Bonchev–Trinajstić information content (AvgIpc) is 2.45. The van der Waals surface area contributed by atoms with Crippen LogP contribution in [0, 0.1) is 0 Å². The van der Waals surface area contributed by atoms with Crippen molar-refractivity contribution in [3.05, 3.63) is 72.0 Å². The predicted octanol–water partition coefficient (Wildman–Crippen LogP) is 4.64. The second kappa shape index (κ2) is 7.71. The molecular weight excluding hydrogens is 246 g/mol. The summed E-state index contributed by atoms with van der Waals surface area (Å²) in [5.41, 5.74) is 2.56. The number of rotatable bonds is 6. The smallest absolute Gasteiger partial charge is 0.108 e. The van der Waals surface area contributed by atoms with Crippen LogP contribution in [0.2, 0.25) is 0 Å². The van der Waals surface area contributed by atoms with Crippen LogP contribution >= 0.6 is 0 Å². The van der Waals surface area contributed by atoms with Crippen LogP contribution in [0.5, 0.6) is 0 Å². The van der Waals surface area contributed by atoms with Crippen LogP contribution in [0.25, 0.3) is 0 Å². The Balaban J connectivity index is 2.75. The molecule has 2 nitrogen and oxygen atoms in total. The number of aliphatic hydroxyl groups excluding tert-OH is 1. The number of hydrogen-bond acceptors (Lipinski definition) is 2. The highest BCUT2D eigenvalue weighted by atomic mass is 16.3. The van der Waals surface area contributed by atoms with Crippen molar-refractivity contribution < 1.29 is 5.11 Å². The van der Waals surface area contributed by atoms with E-state index >= 15 is 0 Å². The zero-order valence-corrected chi connectivity index (χ0v) is 12.9. The van der Waals surface area contributed by atoms with E-state index in [1.807, 2.05) is 18.2 Å². The standard InChI is InChI=1S/C18H25NO/c1-14(10-9-11-15(2)20)16(3)19(5)17(4)18-12-7-6-8-13-18/h6-13,16-17,20H,2H2,1,3-5H3/b11-9-,14-10+/t16-,17-/m0/s1. The molecule has 0 aliphatic carbocycles. The zero-order valence-electron chi connectivity index (χ0n) is 12.9. The van der Waals surface area contributed by atoms with Crippen molar-refractivity contribution in [2.24, 2.45) is 0 Å². The van der Waals surface area contributed by atoms with Crippen LogP contribution in [0.3, 0.4) is 0 Å². The van der Waals surface area contributed by atoms with Crippen molar-refractivity contribution in [2.45, 2.75) is 32.9 Å². The summed E-state index contributed by atoms with van der Waals surface area (Å²) in [6.45, 7) is 9.93. The first-order valence-corrected chi connectivity index (χ1v) is 6.93. The molecule has 0 saturated carbocycles. The molecule has 1 aromatic rings. The second-order valence-electron chi connectivity index (χ2n) is 5.19. The molecule has 108 valence electrons. The third-order valence-electron chi connectivity index (χ3n) is 3.81. The molecule has 0 aliphatic rings. The van der Waals surface area contributed by atoms with E-state index in [2.05, 4.69) is 63.6 Å². The molecular formula is C18H25NO. The van der Waals surface area contributed by atoms with Gasteiger partial charge >= 0.3 is 0 Å². The molecule has 0 unspecified atom stereocenters. The van der Waals surface area contributed by atoms with E-state index in [-0.39, 0.29) is 5.76 Å². The summed E-state index contributed by atoms with van der Waals surface area (Å²) < 4.78 is 0. The third kappa shape index (κ3) is 4.71. The predicted molar refractivity (Wildman–Crippen MR) is 86.7 cm³/mol. The van der Waals surface area contributed by atoms with Crippen LogP contribution in [-0.2, 0) is 0 Å². The van der Waals surface area contributed by atoms with E-state index < -0.39 is 0 Å². The fourth-order valence-corrected chi connectivity index (χ4v) is 2.07. The van der Waals surface area contributed by atoms with Gasteiger partial charge in [-0.2, -0.15) is 0 Å². The first-order chi connectivity index (χ1) is 9.43. The number of benzene rings is 1. The number of aliphatic hydroxyl groups is 1. The van der Waals surface area contributed by atoms with Gasteiger partial charge in [-0.15, -0.1) is 0 Å². The van der Waals surface area contributed by atoms with Crippen molar-refractivity contribution in [3.63, 3.8) is 0 Å². The normalized spacial score (nSPS) is 15.6. The molecule has 0 aliphatic heterocycles. The van der Waals surface area contributed by atoms with Gasteiger partial charge in [0.2, 0.25) is 0 Å². The number of nitrogens with zero attached hydrogens (tertiary/aromatic N) is 1. The first kappa shape index (κ1) is 16.3. The monoisotopic (exact) mass is 271 g/mol. The third-order valence-corrected chi connectivity index (χ3v) is 3.81. The van der Waals surface area contributed by atoms with Crippen molar-refractivity contribution >= 4 is 0 Å². The Hall–Kier alpha value is -1.80. The summed E-state index contributed by atoms with van der Waals surface area (Å²) >= 11 is 0. The van der Waals surface area contributed by atoms with Gasteiger partial charge in [0.1, 0.15) is 5.76 Å². The van der Waals surface area contributed by atoms with Gasteiger partial charge in [0, 0.05) is 12.1 Å². The molecule has 1 rings (SSSR count). The highest BCUT2D eigenvalue weighted by molar-refractivity contribution is 5.22. The van der Waals surface area contributed by atoms with Crippen LogP contribution in [0.4, 0.5) is 0 Å². The maximum Gasteiger partial charge on any atom is 0.108 e. The van der Waals surface area contributed by atoms with Gasteiger partial charge in [-0.1, -0.05) is 54.6 Å². The minimum Gasteiger partial charge on any atom is -0.509 e. The highest BCUT2D eigenvalue weighted by Crippen LogP contribution is 2.23. The summed E-state index contributed by atoms with van der Waals surface area (Å²) in [6, 6.07) is 11.2. The van der Waals surface area contributed by atoms with Gasteiger partial charge in [0.25, 0.3) is 0 Å². The van der Waals surface area contributed by atoms with E-state index in [1.165, 1.54) is 11.1 Å². The number of likely N-dealkylation sites (N-methyl/N-ethyl adjacent to an activating group) is 1. The molecule has 2 heteroatoms. The largest absolute Gasteiger partial charge is 0.509 e. The Kier molecular flexibility index (Phi) is 6.26. The molecule has 0 fully saturated rings. The summed E-state index contributed by atoms with van der Waals surface area (Å²) in [6.07, 6.45) is 5.44. The number of hydrogen-bond donors (Lipinski definition) is 1. The highest BCUT2D eigenvalue weighted by Gasteiger charge is 2.17. The molecule has 0 amide bonds. The van der Waals surface area contributed by atoms with Crippen LogP contribution in [-0.4, -0.2) is 23.1 Å². The fourth-order valence-electron chi connectivity index (χ4n) is 2.07. The zero-order chi connectivity index (χ0) is 15.1. The lowest BCUT2D eigenvalue weighted by molar-refractivity contribution is 0.221. The average molecular weight is 271 g/mol. The lowest BCUT2D eigenvalue weighted by atomic mass is 10.0. The molecule has 1 N–H and O–H groups in total. The minimum absolute atomic E-state index is 0.0766. The molecule has 0 heterocycles. The van der Waals surface area contributed by atoms with E-state index in [0.717, 1.165) is 0 Å². The molecule has 0 radical (unpaired) electrons. The lowest BCUT2D eigenvalue weighted by Crippen LogP contribution is -2.32. The van der Waals surface area contributed by atoms with E-state index in [0.29, 0.717) is 12.1 Å². The minimum atomic E-state index is 0.0766. The molecule has 0 saturated heterocycles. The van der Waals surface area contributed by atoms with Crippen LogP contribution in [0.15, 0.2) is 66.5 Å². The lowest BCUT2D eigenvalue weighted by Gasteiger charge is -2.31. The molecule has 20 heavy (non-hydrogen) atoms. The SMILES string of the molecule is C=C(O)/C=C\C=C(/C)[C@H](C)N(C)[C@@H](C)c1ccccc1. The summed E-state index contributed by atoms with van der Waals surface area (Å²) in [5, 5.41) is 9.03. The van der Waals surface area contributed by atoms with Crippen LogP contribution in [0.1, 0.15) is 32.4 Å². The molecule has 1 aromatic carbocycles. The van der Waals surface area contributed by atoms with Gasteiger partial charge < -0.3 is 5.11 Å². The van der Waals surface area contributed by atoms with Crippen molar-refractivity contribution in [1.82, 2.24) is 4.90 Å². The molecule has 2 atom stereocenters. The summed E-state index contributed by atoms with van der Waals surface area (Å²) in [4.78, 5) is 2.34. The Morgan fingerprint density at radius 1 is 1.25 bits per heavy atom. The maximum atomic E-state index is 9.03. The molecule has 0 spiro atoms. The van der Waals surface area contributed by atoms with Crippen molar-refractivity contribution in [2.75, 3.05) is 7.05 Å². The maximum absolute atomic E-state index is 9.03. The van der Waals surface area contributed by atoms with Crippen molar-refractivity contribution in [1.29, 1.82) is 0 Å². The topological polar surface area (TPSA) is 23.5 Å². The Morgan fingerprint density at radius 2 is 1.85 bits per heavy atom. The van der Waals surface area contributed by atoms with Crippen molar-refractivity contribution in [3.8, 4) is 0 Å². The number of allylic oxidation sites excluding steroid dienone is 3. The van der Waals surface area contributed by atoms with E-state index in [1.54, 1.807) is 6.08 Å². The van der Waals surface area contributed by atoms with Gasteiger partial charge in [0.15, 0.2) is 0 Å². The van der Waals surface area contributed by atoms with E-state index in [4.69, 9.17) is 5.11 Å². The molecule has 0 bridgehead atoms. The first-order valence-electron chi connectivity index (χ1n) is 6.93. The van der Waals surface area contributed by atoms with Gasteiger partial charge in [-0.25, -0.2) is 0 Å². The molecule has 0 aromatic heterocycles. The Labute approximate surface area is 122 Å². The van der Waals surface area contributed by atoms with Gasteiger partial charge in [-0.05, 0) is 39.5 Å². The fraction of sp³-hybridized carbons (Fsp3) is 0.333. The van der Waals surface area contributed by atoms with Gasteiger partial charge in [-0.3, -0.25) is 4.90 Å². The summed E-state index contributed by atoms with van der Waals surface area (Å²) in [5.74, 6) is 0.0766. The Morgan fingerprint density at radius 3 is 2.40 bits per heavy atom. The second-order valence-corrected chi connectivity index (χ2v) is 5.19. The van der Waals surface area contributed by atoms with E-state index in [9.17, 15) is 0 Å². The quantitative estimate of drug-likeness (QED) is 0.601. The van der Waals surface area contributed by atoms with Gasteiger partial charge in [0.05, 0.1) is 0 Å². The summed E-state index contributed by atoms with van der Waals surface area (Å²) in [7, 11) is 2.13.